The summed E-state index contributed by atoms with van der Waals surface area (Å²) in [6.07, 6.45) is 2.61. The summed E-state index contributed by atoms with van der Waals surface area (Å²) in [5, 5.41) is 11.0. The van der Waals surface area contributed by atoms with Crippen molar-refractivity contribution in [2.75, 3.05) is 13.2 Å². The van der Waals surface area contributed by atoms with Crippen molar-refractivity contribution in [1.82, 2.24) is 15.2 Å². The van der Waals surface area contributed by atoms with E-state index in [-0.39, 0.29) is 27.9 Å². The highest BCUT2D eigenvalue weighted by molar-refractivity contribution is 7.89. The van der Waals surface area contributed by atoms with Crippen LogP contribution in [-0.4, -0.2) is 48.7 Å². The summed E-state index contributed by atoms with van der Waals surface area (Å²) in [6.45, 7) is 1.78. The molecule has 0 radical (unpaired) electrons. The highest BCUT2D eigenvalue weighted by atomic mass is 32.2. The van der Waals surface area contributed by atoms with Crippen molar-refractivity contribution in [2.24, 2.45) is 0 Å². The molecule has 1 fully saturated rings. The lowest BCUT2D eigenvalue weighted by atomic mass is 10.1. The van der Waals surface area contributed by atoms with E-state index in [0.717, 1.165) is 19.3 Å². The maximum atomic E-state index is 12.9. The van der Waals surface area contributed by atoms with Gasteiger partial charge in [-0.05, 0) is 50.1 Å². The van der Waals surface area contributed by atoms with Gasteiger partial charge in [0.25, 0.3) is 11.8 Å². The fourth-order valence-electron chi connectivity index (χ4n) is 3.45. The van der Waals surface area contributed by atoms with Crippen LogP contribution in [0.4, 0.5) is 5.69 Å². The van der Waals surface area contributed by atoms with E-state index in [1.165, 1.54) is 52.8 Å². The molecule has 1 aliphatic heterocycles. The number of sulfonamides is 1. The van der Waals surface area contributed by atoms with Crippen LogP contribution in [0.15, 0.2) is 53.4 Å². The second kappa shape index (κ2) is 10.4. The minimum absolute atomic E-state index is 0.0798. The van der Waals surface area contributed by atoms with E-state index in [9.17, 15) is 28.1 Å². The molecule has 1 aliphatic rings. The van der Waals surface area contributed by atoms with Gasteiger partial charge in [0.05, 0.1) is 9.82 Å². The van der Waals surface area contributed by atoms with E-state index in [2.05, 4.69) is 10.9 Å². The fraction of sp³-hybridized carbons (Fsp3) is 0.333. The van der Waals surface area contributed by atoms with E-state index in [1.807, 2.05) is 6.92 Å². The smallest absolute Gasteiger partial charge is 0.310 e. The number of nitro benzene ring substituents is 1. The van der Waals surface area contributed by atoms with Crippen LogP contribution >= 0.6 is 0 Å². The molecule has 0 aliphatic carbocycles. The number of nitrogens with one attached hydrogen (secondary N) is 2. The number of carbonyl (C=O) groups is 2. The van der Waals surface area contributed by atoms with Crippen LogP contribution in [0.3, 0.4) is 0 Å². The van der Waals surface area contributed by atoms with Crippen LogP contribution in [0.5, 0.6) is 5.75 Å². The molecule has 2 N–H and O–H groups in total. The van der Waals surface area contributed by atoms with Crippen molar-refractivity contribution in [3.05, 3.63) is 64.2 Å². The van der Waals surface area contributed by atoms with Crippen molar-refractivity contribution in [3.63, 3.8) is 0 Å². The quantitative estimate of drug-likeness (QED) is 0.459. The molecule has 2 aromatic carbocycles. The van der Waals surface area contributed by atoms with Gasteiger partial charge in [-0.25, -0.2) is 8.42 Å². The van der Waals surface area contributed by atoms with Crippen molar-refractivity contribution in [3.8, 4) is 5.75 Å². The van der Waals surface area contributed by atoms with Crippen LogP contribution in [0, 0.1) is 10.1 Å². The zero-order valence-corrected chi connectivity index (χ0v) is 18.7. The third-order valence-corrected chi connectivity index (χ3v) is 7.23. The number of nitro groups is 1. The molecule has 0 spiro atoms. The predicted octanol–water partition coefficient (Wildman–Crippen LogP) is 2.00. The second-order valence-corrected chi connectivity index (χ2v) is 9.39. The Bertz CT molecular complexity index is 1140. The van der Waals surface area contributed by atoms with E-state index < -0.39 is 33.4 Å². The summed E-state index contributed by atoms with van der Waals surface area (Å²) in [5.74, 6) is -1.48. The van der Waals surface area contributed by atoms with Crippen molar-refractivity contribution >= 4 is 27.5 Å². The molecule has 33 heavy (non-hydrogen) atoms. The van der Waals surface area contributed by atoms with Gasteiger partial charge in [-0.15, -0.1) is 0 Å². The number of hydrogen-bond donors (Lipinski definition) is 2. The highest BCUT2D eigenvalue weighted by Gasteiger charge is 2.30. The van der Waals surface area contributed by atoms with Crippen LogP contribution in [0.1, 0.15) is 36.5 Å². The first-order chi connectivity index (χ1) is 15.7. The average molecular weight is 477 g/mol. The minimum atomic E-state index is -3.66. The maximum Gasteiger partial charge on any atom is 0.310 e. The molecule has 0 bridgehead atoms. The number of benzene rings is 2. The molecule has 2 aromatic rings. The molecule has 1 unspecified atom stereocenters. The van der Waals surface area contributed by atoms with E-state index >= 15 is 0 Å². The number of piperidine rings is 1. The van der Waals surface area contributed by atoms with Crippen molar-refractivity contribution in [2.45, 2.75) is 37.1 Å². The van der Waals surface area contributed by atoms with Gasteiger partial charge in [-0.1, -0.05) is 18.6 Å². The molecule has 2 amide bonds. The molecule has 3 rings (SSSR count). The van der Waals surface area contributed by atoms with Crippen LogP contribution in [0.2, 0.25) is 0 Å². The monoisotopic (exact) mass is 476 g/mol. The Kier molecular flexibility index (Phi) is 7.61. The van der Waals surface area contributed by atoms with Gasteiger partial charge in [0.15, 0.2) is 12.4 Å². The van der Waals surface area contributed by atoms with Gasteiger partial charge in [0.1, 0.15) is 0 Å². The highest BCUT2D eigenvalue weighted by Crippen LogP contribution is 2.26. The summed E-state index contributed by atoms with van der Waals surface area (Å²) >= 11 is 0. The maximum absolute atomic E-state index is 12.9. The van der Waals surface area contributed by atoms with E-state index in [0.29, 0.717) is 6.54 Å². The summed E-state index contributed by atoms with van der Waals surface area (Å²) in [4.78, 5) is 34.6. The first-order valence-electron chi connectivity index (χ1n) is 10.3. The van der Waals surface area contributed by atoms with Gasteiger partial charge in [-0.2, -0.15) is 4.31 Å². The average Bonchev–Trinajstić information content (AvgIpc) is 2.81. The Balaban J connectivity index is 1.54. The number of ether oxygens (including phenoxy) is 1. The molecule has 1 saturated heterocycles. The SMILES string of the molecule is CC1CCCCN1S(=O)(=O)c1ccc(C(=O)NNC(=O)COc2ccccc2[N+](=O)[O-])cc1. The first kappa shape index (κ1) is 24.1. The number of hydrogen-bond acceptors (Lipinski definition) is 7. The third kappa shape index (κ3) is 5.84. The van der Waals surface area contributed by atoms with Gasteiger partial charge in [0.2, 0.25) is 10.0 Å². The number of para-hydroxylation sites is 2. The van der Waals surface area contributed by atoms with Crippen molar-refractivity contribution in [1.29, 1.82) is 0 Å². The lowest BCUT2D eigenvalue weighted by Gasteiger charge is -2.32. The van der Waals surface area contributed by atoms with Crippen LogP contribution in [-0.2, 0) is 14.8 Å². The van der Waals surface area contributed by atoms with Crippen molar-refractivity contribution < 1.29 is 27.7 Å². The number of hydrazine groups is 1. The number of carbonyl (C=O) groups excluding carboxylic acids is 2. The van der Waals surface area contributed by atoms with Gasteiger partial charge in [0, 0.05) is 24.2 Å². The summed E-state index contributed by atoms with van der Waals surface area (Å²) < 4.78 is 32.3. The molecule has 1 atom stereocenters. The van der Waals surface area contributed by atoms with Gasteiger partial charge in [-0.3, -0.25) is 30.6 Å². The molecular formula is C21H24N4O7S. The molecule has 176 valence electrons. The molecule has 0 saturated carbocycles. The Morgan fingerprint density at radius 1 is 1.12 bits per heavy atom. The Hall–Kier alpha value is -3.51. The van der Waals surface area contributed by atoms with Gasteiger partial charge >= 0.3 is 5.69 Å². The number of amides is 2. The Morgan fingerprint density at radius 3 is 2.48 bits per heavy atom. The van der Waals surface area contributed by atoms with Crippen LogP contribution < -0.4 is 15.6 Å². The second-order valence-electron chi connectivity index (χ2n) is 7.50. The predicted molar refractivity (Wildman–Crippen MR) is 118 cm³/mol. The largest absolute Gasteiger partial charge is 0.477 e. The normalized spacial score (nSPS) is 16.6. The Morgan fingerprint density at radius 2 is 1.82 bits per heavy atom. The summed E-state index contributed by atoms with van der Waals surface area (Å²) in [7, 11) is -3.66. The molecule has 1 heterocycles. The zero-order chi connectivity index (χ0) is 24.0. The standard InChI is InChI=1S/C21H24N4O7S/c1-15-6-4-5-13-24(15)33(30,31)17-11-9-16(10-12-17)21(27)23-22-20(26)14-32-19-8-3-2-7-18(19)25(28)29/h2-3,7-12,15H,4-6,13-14H2,1H3,(H,22,26)(H,23,27). The summed E-state index contributed by atoms with van der Waals surface area (Å²) in [6, 6.07) is 10.9. The number of rotatable bonds is 7. The minimum Gasteiger partial charge on any atom is -0.477 e. The lowest BCUT2D eigenvalue weighted by Crippen LogP contribution is -2.44. The fourth-order valence-corrected chi connectivity index (χ4v) is 5.15. The number of nitrogens with zero attached hydrogens (tertiary/aromatic N) is 2. The molecule has 0 aromatic heterocycles. The Labute approximate surface area is 190 Å². The van der Waals surface area contributed by atoms with Crippen LogP contribution in [0.25, 0.3) is 0 Å². The van der Waals surface area contributed by atoms with E-state index in [1.54, 1.807) is 0 Å². The van der Waals surface area contributed by atoms with E-state index in [4.69, 9.17) is 4.74 Å². The first-order valence-corrected chi connectivity index (χ1v) is 11.7. The lowest BCUT2D eigenvalue weighted by molar-refractivity contribution is -0.385. The molecule has 11 nitrogen and oxygen atoms in total. The molecule has 12 heteroatoms. The van der Waals surface area contributed by atoms with Gasteiger partial charge < -0.3 is 4.74 Å². The zero-order valence-electron chi connectivity index (χ0n) is 17.9. The molecular weight excluding hydrogens is 452 g/mol. The topological polar surface area (TPSA) is 148 Å². The third-order valence-electron chi connectivity index (χ3n) is 5.20. The summed E-state index contributed by atoms with van der Waals surface area (Å²) in [5.41, 5.74) is 4.18.